The van der Waals surface area contributed by atoms with Crippen molar-refractivity contribution < 1.29 is 0 Å². The van der Waals surface area contributed by atoms with E-state index in [1.807, 2.05) is 0 Å². The Bertz CT molecular complexity index is 275. The van der Waals surface area contributed by atoms with Crippen LogP contribution in [0.15, 0.2) is 0 Å². The molecule has 0 saturated heterocycles. The molecule has 0 radical (unpaired) electrons. The lowest BCUT2D eigenvalue weighted by Gasteiger charge is -2.40. The van der Waals surface area contributed by atoms with Gasteiger partial charge in [-0.1, -0.05) is 47.0 Å². The van der Waals surface area contributed by atoms with Gasteiger partial charge in [0.2, 0.25) is 0 Å². The molecule has 2 aliphatic carbocycles. The van der Waals surface area contributed by atoms with E-state index in [1.54, 1.807) is 0 Å². The molecule has 2 aliphatic rings. The number of hydrogen-bond acceptors (Lipinski definition) is 1. The first-order valence-electron chi connectivity index (χ1n) is 9.39. The van der Waals surface area contributed by atoms with Crippen LogP contribution < -0.4 is 5.32 Å². The van der Waals surface area contributed by atoms with Crippen LogP contribution in [0, 0.1) is 29.6 Å². The molecule has 2 rings (SSSR count). The summed E-state index contributed by atoms with van der Waals surface area (Å²) >= 11 is 0. The van der Waals surface area contributed by atoms with E-state index < -0.39 is 0 Å². The van der Waals surface area contributed by atoms with Crippen molar-refractivity contribution in [3.05, 3.63) is 0 Å². The molecule has 0 aromatic carbocycles. The van der Waals surface area contributed by atoms with Gasteiger partial charge in [-0.15, -0.1) is 0 Å². The van der Waals surface area contributed by atoms with E-state index in [9.17, 15) is 0 Å². The van der Waals surface area contributed by atoms with Crippen molar-refractivity contribution in [3.8, 4) is 0 Å². The van der Waals surface area contributed by atoms with Crippen LogP contribution in [0.2, 0.25) is 0 Å². The second-order valence-corrected chi connectivity index (χ2v) is 7.86. The SMILES string of the molecule is CCCNC(C1CCC(CC)C1)C1CCC(C)C(C)C1. The Kier molecular flexibility index (Phi) is 6.39. The molecular formula is C19H37N. The normalized spacial score (nSPS) is 39.9. The van der Waals surface area contributed by atoms with E-state index in [2.05, 4.69) is 33.0 Å². The van der Waals surface area contributed by atoms with Gasteiger partial charge in [-0.05, 0) is 68.2 Å². The highest BCUT2D eigenvalue weighted by atomic mass is 14.9. The fraction of sp³-hybridized carbons (Fsp3) is 1.00. The van der Waals surface area contributed by atoms with Gasteiger partial charge in [-0.3, -0.25) is 0 Å². The van der Waals surface area contributed by atoms with E-state index in [-0.39, 0.29) is 0 Å². The highest BCUT2D eigenvalue weighted by Gasteiger charge is 2.37. The van der Waals surface area contributed by atoms with Crippen LogP contribution in [0.3, 0.4) is 0 Å². The molecule has 0 aromatic heterocycles. The summed E-state index contributed by atoms with van der Waals surface area (Å²) < 4.78 is 0. The molecule has 6 atom stereocenters. The van der Waals surface area contributed by atoms with Crippen molar-refractivity contribution in [2.24, 2.45) is 29.6 Å². The summed E-state index contributed by atoms with van der Waals surface area (Å²) in [5.74, 6) is 4.82. The van der Waals surface area contributed by atoms with Crippen molar-refractivity contribution >= 4 is 0 Å². The summed E-state index contributed by atoms with van der Waals surface area (Å²) in [5.41, 5.74) is 0. The summed E-state index contributed by atoms with van der Waals surface area (Å²) in [4.78, 5) is 0. The molecule has 118 valence electrons. The Morgan fingerprint density at radius 2 is 1.60 bits per heavy atom. The van der Waals surface area contributed by atoms with Crippen molar-refractivity contribution in [2.75, 3.05) is 6.54 Å². The maximum atomic E-state index is 3.96. The molecule has 20 heavy (non-hydrogen) atoms. The lowest BCUT2D eigenvalue weighted by molar-refractivity contribution is 0.140. The van der Waals surface area contributed by atoms with Gasteiger partial charge in [0.05, 0.1) is 0 Å². The zero-order valence-corrected chi connectivity index (χ0v) is 14.3. The van der Waals surface area contributed by atoms with Crippen molar-refractivity contribution in [1.29, 1.82) is 0 Å². The molecule has 2 fully saturated rings. The Morgan fingerprint density at radius 1 is 0.900 bits per heavy atom. The van der Waals surface area contributed by atoms with E-state index in [4.69, 9.17) is 0 Å². The number of hydrogen-bond donors (Lipinski definition) is 1. The van der Waals surface area contributed by atoms with Crippen LogP contribution in [0.4, 0.5) is 0 Å². The quantitative estimate of drug-likeness (QED) is 0.700. The van der Waals surface area contributed by atoms with E-state index in [0.29, 0.717) is 0 Å². The van der Waals surface area contributed by atoms with E-state index in [0.717, 1.165) is 35.6 Å². The van der Waals surface area contributed by atoms with Crippen LogP contribution >= 0.6 is 0 Å². The van der Waals surface area contributed by atoms with Gasteiger partial charge in [0.15, 0.2) is 0 Å². The molecule has 0 heterocycles. The molecule has 0 aliphatic heterocycles. The lowest BCUT2D eigenvalue weighted by atomic mass is 9.70. The highest BCUT2D eigenvalue weighted by molar-refractivity contribution is 4.91. The smallest absolute Gasteiger partial charge is 0.0124 e. The van der Waals surface area contributed by atoms with E-state index >= 15 is 0 Å². The van der Waals surface area contributed by atoms with Crippen molar-refractivity contribution in [1.82, 2.24) is 5.32 Å². The molecule has 0 bridgehead atoms. The topological polar surface area (TPSA) is 12.0 Å². The molecule has 0 aromatic rings. The Hall–Kier alpha value is -0.0400. The van der Waals surface area contributed by atoms with E-state index in [1.165, 1.54) is 57.9 Å². The fourth-order valence-electron chi connectivity index (χ4n) is 4.76. The minimum atomic E-state index is 0.821. The maximum absolute atomic E-state index is 3.96. The molecule has 0 spiro atoms. The van der Waals surface area contributed by atoms with Crippen molar-refractivity contribution in [3.63, 3.8) is 0 Å². The average molecular weight is 280 g/mol. The molecule has 1 N–H and O–H groups in total. The van der Waals surface area contributed by atoms with Gasteiger partial charge in [0, 0.05) is 6.04 Å². The minimum Gasteiger partial charge on any atom is -0.313 e. The zero-order valence-electron chi connectivity index (χ0n) is 14.3. The number of rotatable bonds is 6. The third-order valence-electron chi connectivity index (χ3n) is 6.44. The third kappa shape index (κ3) is 4.00. The van der Waals surface area contributed by atoms with Gasteiger partial charge in [0.1, 0.15) is 0 Å². The Labute approximate surface area is 127 Å². The minimum absolute atomic E-state index is 0.821. The van der Waals surface area contributed by atoms with Crippen molar-refractivity contribution in [2.45, 2.75) is 85.1 Å². The Morgan fingerprint density at radius 3 is 2.20 bits per heavy atom. The first-order chi connectivity index (χ1) is 9.65. The summed E-state index contributed by atoms with van der Waals surface area (Å²) in [6, 6.07) is 0.821. The maximum Gasteiger partial charge on any atom is 0.0124 e. The monoisotopic (exact) mass is 279 g/mol. The second kappa shape index (κ2) is 7.82. The largest absolute Gasteiger partial charge is 0.313 e. The van der Waals surface area contributed by atoms with Crippen LogP contribution in [0.5, 0.6) is 0 Å². The van der Waals surface area contributed by atoms with Crippen LogP contribution in [0.1, 0.15) is 79.1 Å². The lowest BCUT2D eigenvalue weighted by Crippen LogP contribution is -2.44. The molecule has 6 unspecified atom stereocenters. The first kappa shape index (κ1) is 16.3. The van der Waals surface area contributed by atoms with Gasteiger partial charge in [0.25, 0.3) is 0 Å². The zero-order chi connectivity index (χ0) is 14.5. The first-order valence-corrected chi connectivity index (χ1v) is 9.39. The summed E-state index contributed by atoms with van der Waals surface area (Å²) in [6.45, 7) is 10.8. The Balaban J connectivity index is 1.96. The molecule has 1 nitrogen and oxygen atoms in total. The molecular weight excluding hydrogens is 242 g/mol. The summed E-state index contributed by atoms with van der Waals surface area (Å²) in [5, 5.41) is 3.96. The third-order valence-corrected chi connectivity index (χ3v) is 6.44. The molecule has 0 amide bonds. The van der Waals surface area contributed by atoms with Gasteiger partial charge >= 0.3 is 0 Å². The van der Waals surface area contributed by atoms with Gasteiger partial charge in [-0.2, -0.15) is 0 Å². The standard InChI is InChI=1S/C19H37N/c1-5-11-20-19(18-10-8-16(6-2)13-18)17-9-7-14(3)15(4)12-17/h14-20H,5-13H2,1-4H3. The fourth-order valence-corrected chi connectivity index (χ4v) is 4.76. The summed E-state index contributed by atoms with van der Waals surface area (Å²) in [6.07, 6.45) is 11.5. The van der Waals surface area contributed by atoms with Crippen LogP contribution in [0.25, 0.3) is 0 Å². The number of nitrogens with one attached hydrogen (secondary N) is 1. The molecule has 2 saturated carbocycles. The van der Waals surface area contributed by atoms with Gasteiger partial charge < -0.3 is 5.32 Å². The van der Waals surface area contributed by atoms with Crippen LogP contribution in [-0.2, 0) is 0 Å². The second-order valence-electron chi connectivity index (χ2n) is 7.86. The predicted molar refractivity (Wildman–Crippen MR) is 88.9 cm³/mol. The molecule has 1 heteroatoms. The van der Waals surface area contributed by atoms with Crippen LogP contribution in [-0.4, -0.2) is 12.6 Å². The predicted octanol–water partition coefficient (Wildman–Crippen LogP) is 5.25. The highest BCUT2D eigenvalue weighted by Crippen LogP contribution is 2.42. The average Bonchev–Trinajstić information content (AvgIpc) is 2.92. The summed E-state index contributed by atoms with van der Waals surface area (Å²) in [7, 11) is 0. The van der Waals surface area contributed by atoms with Gasteiger partial charge in [-0.25, -0.2) is 0 Å².